The number of rotatable bonds is 5. The SMILES string of the molecule is COC1CC(CC(=O)O)N(C(=O)c2cc(SC)ccc2Cl)C1. The number of thioether (sulfide) groups is 1. The van der Waals surface area contributed by atoms with E-state index in [1.54, 1.807) is 24.1 Å². The highest BCUT2D eigenvalue weighted by molar-refractivity contribution is 7.98. The molecule has 1 amide bonds. The smallest absolute Gasteiger partial charge is 0.305 e. The maximum Gasteiger partial charge on any atom is 0.305 e. The Balaban J connectivity index is 2.27. The zero-order chi connectivity index (χ0) is 16.3. The lowest BCUT2D eigenvalue weighted by Crippen LogP contribution is -2.37. The molecule has 0 bridgehead atoms. The minimum Gasteiger partial charge on any atom is -0.481 e. The molecule has 1 aromatic carbocycles. The number of benzene rings is 1. The number of nitrogens with zero attached hydrogens (tertiary/aromatic N) is 1. The second kappa shape index (κ2) is 7.35. The normalized spacial score (nSPS) is 21.1. The molecule has 0 saturated carbocycles. The molecule has 5 nitrogen and oxygen atoms in total. The van der Waals surface area contributed by atoms with Crippen LogP contribution in [0.15, 0.2) is 23.1 Å². The quantitative estimate of drug-likeness (QED) is 0.833. The molecule has 1 aliphatic rings. The molecule has 1 fully saturated rings. The van der Waals surface area contributed by atoms with Crippen LogP contribution in [0.5, 0.6) is 0 Å². The summed E-state index contributed by atoms with van der Waals surface area (Å²) >= 11 is 7.67. The largest absolute Gasteiger partial charge is 0.481 e. The lowest BCUT2D eigenvalue weighted by molar-refractivity contribution is -0.137. The van der Waals surface area contributed by atoms with Gasteiger partial charge in [0.1, 0.15) is 0 Å². The van der Waals surface area contributed by atoms with Gasteiger partial charge in [0.25, 0.3) is 5.91 Å². The fourth-order valence-corrected chi connectivity index (χ4v) is 3.28. The number of likely N-dealkylation sites (tertiary alicyclic amines) is 1. The van der Waals surface area contributed by atoms with E-state index in [4.69, 9.17) is 21.4 Å². The zero-order valence-corrected chi connectivity index (χ0v) is 14.0. The van der Waals surface area contributed by atoms with Crippen molar-refractivity contribution in [2.75, 3.05) is 19.9 Å². The molecule has 7 heteroatoms. The van der Waals surface area contributed by atoms with E-state index in [0.29, 0.717) is 23.6 Å². The Kier molecular flexibility index (Phi) is 5.72. The van der Waals surface area contributed by atoms with Gasteiger partial charge in [0.2, 0.25) is 0 Å². The summed E-state index contributed by atoms with van der Waals surface area (Å²) in [4.78, 5) is 26.3. The van der Waals surface area contributed by atoms with Gasteiger partial charge >= 0.3 is 5.97 Å². The van der Waals surface area contributed by atoms with E-state index in [9.17, 15) is 9.59 Å². The van der Waals surface area contributed by atoms with Crippen molar-refractivity contribution in [2.45, 2.75) is 29.9 Å². The molecule has 0 spiro atoms. The first kappa shape index (κ1) is 17.1. The van der Waals surface area contributed by atoms with E-state index in [1.165, 1.54) is 11.8 Å². The molecule has 2 atom stereocenters. The molecule has 1 N–H and O–H groups in total. The van der Waals surface area contributed by atoms with Crippen LogP contribution >= 0.6 is 23.4 Å². The van der Waals surface area contributed by atoms with Crippen molar-refractivity contribution in [1.29, 1.82) is 0 Å². The molecular weight excluding hydrogens is 326 g/mol. The van der Waals surface area contributed by atoms with Gasteiger partial charge < -0.3 is 14.7 Å². The van der Waals surface area contributed by atoms with Crippen molar-refractivity contribution in [3.05, 3.63) is 28.8 Å². The Morgan fingerprint density at radius 3 is 2.82 bits per heavy atom. The number of aliphatic carboxylic acids is 1. The second-order valence-electron chi connectivity index (χ2n) is 5.15. The van der Waals surface area contributed by atoms with Crippen LogP contribution < -0.4 is 0 Å². The third-order valence-electron chi connectivity index (χ3n) is 3.78. The standard InChI is InChI=1S/C15H18ClNO4S/c1-21-10-5-9(6-14(18)19)17(8-10)15(20)12-7-11(22-2)3-4-13(12)16/h3-4,7,9-10H,5-6,8H2,1-2H3,(H,18,19). The molecule has 2 unspecified atom stereocenters. The first-order chi connectivity index (χ1) is 10.5. The van der Waals surface area contributed by atoms with Crippen LogP contribution in [0.25, 0.3) is 0 Å². The summed E-state index contributed by atoms with van der Waals surface area (Å²) in [6, 6.07) is 4.91. The van der Waals surface area contributed by atoms with Crippen LogP contribution in [-0.4, -0.2) is 53.9 Å². The molecular formula is C15H18ClNO4S. The summed E-state index contributed by atoms with van der Waals surface area (Å²) in [5.74, 6) is -1.17. The maximum absolute atomic E-state index is 12.8. The Hall–Kier alpha value is -1.24. The van der Waals surface area contributed by atoms with Gasteiger partial charge in [0.15, 0.2) is 0 Å². The number of carboxylic acid groups (broad SMARTS) is 1. The van der Waals surface area contributed by atoms with Gasteiger partial charge in [-0.05, 0) is 30.9 Å². The lowest BCUT2D eigenvalue weighted by atomic mass is 10.1. The Labute approximate surface area is 138 Å². The third kappa shape index (κ3) is 3.74. The van der Waals surface area contributed by atoms with Gasteiger partial charge in [0.05, 0.1) is 23.1 Å². The van der Waals surface area contributed by atoms with Gasteiger partial charge in [-0.15, -0.1) is 11.8 Å². The summed E-state index contributed by atoms with van der Waals surface area (Å²) in [6.45, 7) is 0.382. The fourth-order valence-electron chi connectivity index (χ4n) is 2.64. The van der Waals surface area contributed by atoms with Gasteiger partial charge in [-0.1, -0.05) is 11.6 Å². The van der Waals surface area contributed by atoms with Gasteiger partial charge in [-0.3, -0.25) is 9.59 Å². The van der Waals surface area contributed by atoms with Crippen molar-refractivity contribution in [2.24, 2.45) is 0 Å². The van der Waals surface area contributed by atoms with E-state index < -0.39 is 5.97 Å². The average molecular weight is 344 g/mol. The number of carbonyl (C=O) groups excluding carboxylic acids is 1. The minimum absolute atomic E-state index is 0.0918. The Morgan fingerprint density at radius 2 is 2.23 bits per heavy atom. The number of amides is 1. The molecule has 1 heterocycles. The van der Waals surface area contributed by atoms with Crippen molar-refractivity contribution in [1.82, 2.24) is 4.90 Å². The van der Waals surface area contributed by atoms with E-state index >= 15 is 0 Å². The predicted octanol–water partition coefficient (Wildman–Crippen LogP) is 2.77. The van der Waals surface area contributed by atoms with Crippen LogP contribution in [0.3, 0.4) is 0 Å². The molecule has 2 rings (SSSR count). The molecule has 22 heavy (non-hydrogen) atoms. The highest BCUT2D eigenvalue weighted by Gasteiger charge is 2.37. The van der Waals surface area contributed by atoms with E-state index in [1.807, 2.05) is 12.3 Å². The molecule has 1 saturated heterocycles. The van der Waals surface area contributed by atoms with Crippen LogP contribution in [-0.2, 0) is 9.53 Å². The Morgan fingerprint density at radius 1 is 1.50 bits per heavy atom. The van der Waals surface area contributed by atoms with Crippen LogP contribution in [0.1, 0.15) is 23.2 Å². The highest BCUT2D eigenvalue weighted by Crippen LogP contribution is 2.29. The van der Waals surface area contributed by atoms with Crippen molar-refractivity contribution in [3.8, 4) is 0 Å². The molecule has 0 aromatic heterocycles. The molecule has 0 aliphatic carbocycles. The fraction of sp³-hybridized carbons (Fsp3) is 0.467. The van der Waals surface area contributed by atoms with Gasteiger partial charge in [0, 0.05) is 24.6 Å². The topological polar surface area (TPSA) is 66.8 Å². The number of carbonyl (C=O) groups is 2. The van der Waals surface area contributed by atoms with Crippen LogP contribution in [0, 0.1) is 0 Å². The van der Waals surface area contributed by atoms with E-state index in [2.05, 4.69) is 0 Å². The van der Waals surface area contributed by atoms with Gasteiger partial charge in [-0.2, -0.15) is 0 Å². The number of carboxylic acids is 1. The second-order valence-corrected chi connectivity index (χ2v) is 6.44. The number of halogens is 1. The molecule has 1 aliphatic heterocycles. The predicted molar refractivity (Wildman–Crippen MR) is 85.7 cm³/mol. The van der Waals surface area contributed by atoms with Crippen molar-refractivity contribution >= 4 is 35.2 Å². The summed E-state index contributed by atoms with van der Waals surface area (Å²) < 4.78 is 5.29. The van der Waals surface area contributed by atoms with E-state index in [-0.39, 0.29) is 24.5 Å². The van der Waals surface area contributed by atoms with Gasteiger partial charge in [-0.25, -0.2) is 0 Å². The lowest BCUT2D eigenvalue weighted by Gasteiger charge is -2.24. The molecule has 0 radical (unpaired) electrons. The maximum atomic E-state index is 12.8. The number of hydrogen-bond donors (Lipinski definition) is 1. The summed E-state index contributed by atoms with van der Waals surface area (Å²) in [6.07, 6.45) is 2.21. The van der Waals surface area contributed by atoms with Crippen molar-refractivity contribution in [3.63, 3.8) is 0 Å². The summed E-state index contributed by atoms with van der Waals surface area (Å²) in [5.41, 5.74) is 0.403. The van der Waals surface area contributed by atoms with Crippen LogP contribution in [0.4, 0.5) is 0 Å². The highest BCUT2D eigenvalue weighted by atomic mass is 35.5. The average Bonchev–Trinajstić information content (AvgIpc) is 2.89. The number of ether oxygens (including phenoxy) is 1. The molecule has 1 aromatic rings. The summed E-state index contributed by atoms with van der Waals surface area (Å²) in [7, 11) is 1.57. The Bertz CT molecular complexity index is 581. The zero-order valence-electron chi connectivity index (χ0n) is 12.4. The third-order valence-corrected chi connectivity index (χ3v) is 4.84. The van der Waals surface area contributed by atoms with Crippen molar-refractivity contribution < 1.29 is 19.4 Å². The van der Waals surface area contributed by atoms with E-state index in [0.717, 1.165) is 4.90 Å². The number of methoxy groups -OCH3 is 1. The first-order valence-corrected chi connectivity index (χ1v) is 8.45. The summed E-state index contributed by atoms with van der Waals surface area (Å²) in [5, 5.41) is 9.40. The van der Waals surface area contributed by atoms with Crippen LogP contribution in [0.2, 0.25) is 5.02 Å². The number of hydrogen-bond acceptors (Lipinski definition) is 4. The molecule has 120 valence electrons. The minimum atomic E-state index is -0.927. The monoisotopic (exact) mass is 343 g/mol. The first-order valence-electron chi connectivity index (χ1n) is 6.85.